The van der Waals surface area contributed by atoms with Gasteiger partial charge in [0.05, 0.1) is 44.8 Å². The molecular weight excluding hydrogens is 619 g/mol. The van der Waals surface area contributed by atoms with Crippen molar-refractivity contribution in [3.8, 4) is 11.5 Å². The SMILES string of the molecule is COCCCOc1ccnc(CS(=O)c2nc3ccccc3n2S(=O)(=O)c2ccc(OCC(=O)Nc3ccccn3)cc2)c1C. The van der Waals surface area contributed by atoms with E-state index in [2.05, 4.69) is 20.3 Å². The summed E-state index contributed by atoms with van der Waals surface area (Å²) < 4.78 is 59.2. The van der Waals surface area contributed by atoms with Crippen LogP contribution >= 0.6 is 0 Å². The maximum atomic E-state index is 14.0. The van der Waals surface area contributed by atoms with Crippen LogP contribution in [0, 0.1) is 6.92 Å². The fraction of sp³-hybridized carbons (Fsp3) is 0.226. The van der Waals surface area contributed by atoms with E-state index >= 15 is 0 Å². The molecule has 0 spiro atoms. The molecule has 0 radical (unpaired) electrons. The number of hydrogen-bond acceptors (Lipinski definition) is 10. The second kappa shape index (κ2) is 14.4. The molecule has 0 saturated carbocycles. The van der Waals surface area contributed by atoms with E-state index in [0.29, 0.717) is 48.0 Å². The molecule has 0 aliphatic heterocycles. The Hall–Kier alpha value is -4.66. The van der Waals surface area contributed by atoms with Gasteiger partial charge in [-0.2, -0.15) is 0 Å². The molecule has 1 N–H and O–H groups in total. The zero-order valence-corrected chi connectivity index (χ0v) is 26.2. The molecule has 0 aliphatic carbocycles. The number of nitrogens with one attached hydrogen (secondary N) is 1. The van der Waals surface area contributed by atoms with Crippen molar-refractivity contribution in [1.82, 2.24) is 18.9 Å². The lowest BCUT2D eigenvalue weighted by molar-refractivity contribution is -0.118. The molecular formula is C31H31N5O7S2. The van der Waals surface area contributed by atoms with E-state index in [4.69, 9.17) is 14.2 Å². The molecule has 1 amide bonds. The van der Waals surface area contributed by atoms with Gasteiger partial charge in [-0.05, 0) is 61.5 Å². The van der Waals surface area contributed by atoms with Gasteiger partial charge < -0.3 is 19.5 Å². The van der Waals surface area contributed by atoms with Crippen LogP contribution in [0.15, 0.2) is 95.2 Å². The fourth-order valence-electron chi connectivity index (χ4n) is 4.37. The summed E-state index contributed by atoms with van der Waals surface area (Å²) in [6, 6.07) is 19.1. The van der Waals surface area contributed by atoms with E-state index in [9.17, 15) is 17.4 Å². The fourth-order valence-corrected chi connectivity index (χ4v) is 7.42. The van der Waals surface area contributed by atoms with Crippen molar-refractivity contribution >= 4 is 43.6 Å². The van der Waals surface area contributed by atoms with Crippen molar-refractivity contribution in [1.29, 1.82) is 0 Å². The number of ether oxygens (including phenoxy) is 3. The van der Waals surface area contributed by atoms with Gasteiger partial charge in [-0.25, -0.2) is 22.4 Å². The van der Waals surface area contributed by atoms with E-state index in [0.717, 1.165) is 3.97 Å². The normalized spacial score (nSPS) is 12.1. The van der Waals surface area contributed by atoms with Gasteiger partial charge in [0.2, 0.25) is 5.16 Å². The first-order chi connectivity index (χ1) is 21.8. The van der Waals surface area contributed by atoms with Gasteiger partial charge in [0, 0.05) is 38.1 Å². The van der Waals surface area contributed by atoms with Crippen molar-refractivity contribution in [3.05, 3.63) is 96.4 Å². The largest absolute Gasteiger partial charge is 0.493 e. The first-order valence-electron chi connectivity index (χ1n) is 13.9. The van der Waals surface area contributed by atoms with Crippen LogP contribution in [0.1, 0.15) is 17.7 Å². The number of aromatic nitrogens is 4. The molecule has 0 bridgehead atoms. The highest BCUT2D eigenvalue weighted by molar-refractivity contribution is 7.91. The highest BCUT2D eigenvalue weighted by atomic mass is 32.2. The smallest absolute Gasteiger partial charge is 0.270 e. The second-order valence-electron chi connectivity index (χ2n) is 9.74. The second-order valence-corrected chi connectivity index (χ2v) is 12.9. The van der Waals surface area contributed by atoms with Gasteiger partial charge >= 0.3 is 0 Å². The number of carbonyl (C=O) groups excluding carboxylic acids is 1. The summed E-state index contributed by atoms with van der Waals surface area (Å²) in [5, 5.41) is 2.48. The molecule has 0 saturated heterocycles. The van der Waals surface area contributed by atoms with Crippen LogP contribution < -0.4 is 14.8 Å². The van der Waals surface area contributed by atoms with Crippen molar-refractivity contribution in [2.24, 2.45) is 0 Å². The third-order valence-corrected chi connectivity index (χ3v) is 9.69. The molecule has 45 heavy (non-hydrogen) atoms. The number of nitrogens with zero attached hydrogens (tertiary/aromatic N) is 4. The number of amides is 1. The maximum absolute atomic E-state index is 14.0. The van der Waals surface area contributed by atoms with E-state index in [1.54, 1.807) is 68.0 Å². The number of methoxy groups -OCH3 is 1. The molecule has 12 nitrogen and oxygen atoms in total. The Labute approximate surface area is 262 Å². The number of benzene rings is 2. The zero-order valence-electron chi connectivity index (χ0n) is 24.6. The Kier molecular flexibility index (Phi) is 10.2. The standard InChI is InChI=1S/C31H31N5O7S2/c1-22-26(32-17-15-28(22)42-19-7-18-41-2)21-44(38)31-34-25-8-3-4-9-27(25)36(31)45(39,40)24-13-11-23(12-14-24)43-20-30(37)35-29-10-5-6-16-33-29/h3-6,8-17H,7,18-21H2,1-2H3,(H,33,35,37). The van der Waals surface area contributed by atoms with Crippen molar-refractivity contribution in [2.75, 3.05) is 32.2 Å². The minimum atomic E-state index is -4.25. The highest BCUT2D eigenvalue weighted by Gasteiger charge is 2.28. The number of carbonyl (C=O) groups is 1. The third-order valence-electron chi connectivity index (χ3n) is 6.64. The summed E-state index contributed by atoms with van der Waals surface area (Å²) in [7, 11) is -4.53. The predicted molar refractivity (Wildman–Crippen MR) is 168 cm³/mol. The van der Waals surface area contributed by atoms with E-state index < -0.39 is 26.7 Å². The first-order valence-corrected chi connectivity index (χ1v) is 16.6. The minimum absolute atomic E-state index is 0.0741. The molecule has 234 valence electrons. The van der Waals surface area contributed by atoms with Gasteiger partial charge in [-0.15, -0.1) is 0 Å². The predicted octanol–water partition coefficient (Wildman–Crippen LogP) is 4.11. The van der Waals surface area contributed by atoms with Gasteiger partial charge in [0.25, 0.3) is 15.9 Å². The average Bonchev–Trinajstić information content (AvgIpc) is 3.45. The Morgan fingerprint density at radius 1 is 0.933 bits per heavy atom. The van der Waals surface area contributed by atoms with E-state index in [1.807, 2.05) is 6.92 Å². The van der Waals surface area contributed by atoms with Crippen LogP contribution in [-0.2, 0) is 36.1 Å². The molecule has 1 atom stereocenters. The molecule has 1 unspecified atom stereocenters. The number of anilines is 1. The summed E-state index contributed by atoms with van der Waals surface area (Å²) in [6.45, 7) is 2.52. The van der Waals surface area contributed by atoms with Gasteiger partial charge in [0.1, 0.15) is 17.3 Å². The molecule has 3 aromatic heterocycles. The summed E-state index contributed by atoms with van der Waals surface area (Å²) in [4.78, 5) is 25.0. The van der Waals surface area contributed by atoms with Gasteiger partial charge in [-0.1, -0.05) is 18.2 Å². The van der Waals surface area contributed by atoms with Crippen molar-refractivity contribution in [3.63, 3.8) is 0 Å². The summed E-state index contributed by atoms with van der Waals surface area (Å²) in [5.74, 6) is 0.780. The molecule has 14 heteroatoms. The molecule has 5 rings (SSSR count). The number of para-hydroxylation sites is 2. The Bertz CT molecular complexity index is 1910. The van der Waals surface area contributed by atoms with Crippen molar-refractivity contribution < 1.29 is 31.6 Å². The zero-order chi connectivity index (χ0) is 31.8. The first kappa shape index (κ1) is 31.8. The molecule has 3 heterocycles. The van der Waals surface area contributed by atoms with Gasteiger partial charge in [0.15, 0.2) is 6.61 Å². The lowest BCUT2D eigenvalue weighted by Crippen LogP contribution is -2.20. The van der Waals surface area contributed by atoms with Crippen LogP contribution in [0.25, 0.3) is 11.0 Å². The highest BCUT2D eigenvalue weighted by Crippen LogP contribution is 2.28. The Morgan fingerprint density at radius 2 is 1.71 bits per heavy atom. The van der Waals surface area contributed by atoms with Crippen LogP contribution in [0.4, 0.5) is 5.82 Å². The van der Waals surface area contributed by atoms with Crippen LogP contribution in [-0.4, -0.2) is 64.4 Å². The van der Waals surface area contributed by atoms with Gasteiger partial charge in [-0.3, -0.25) is 14.0 Å². The van der Waals surface area contributed by atoms with Crippen LogP contribution in [0.3, 0.4) is 0 Å². The summed E-state index contributed by atoms with van der Waals surface area (Å²) in [6.07, 6.45) is 3.82. The summed E-state index contributed by atoms with van der Waals surface area (Å²) >= 11 is 0. The number of rotatable bonds is 14. The molecule has 0 aliphatic rings. The topological polar surface area (TPSA) is 152 Å². The lowest BCUT2D eigenvalue weighted by Gasteiger charge is -2.13. The van der Waals surface area contributed by atoms with E-state index in [1.165, 1.54) is 24.3 Å². The number of hydrogen-bond donors (Lipinski definition) is 1. The summed E-state index contributed by atoms with van der Waals surface area (Å²) in [5.41, 5.74) is 1.87. The van der Waals surface area contributed by atoms with Crippen LogP contribution in [0.5, 0.6) is 11.5 Å². The average molecular weight is 650 g/mol. The Balaban J connectivity index is 1.36. The van der Waals surface area contributed by atoms with Crippen LogP contribution in [0.2, 0.25) is 0 Å². The Morgan fingerprint density at radius 3 is 2.47 bits per heavy atom. The number of imidazole rings is 1. The number of pyridine rings is 2. The maximum Gasteiger partial charge on any atom is 0.270 e. The molecule has 5 aromatic rings. The lowest BCUT2D eigenvalue weighted by atomic mass is 10.2. The quantitative estimate of drug-likeness (QED) is 0.174. The molecule has 0 fully saturated rings. The third kappa shape index (κ3) is 7.53. The van der Waals surface area contributed by atoms with E-state index in [-0.39, 0.29) is 33.7 Å². The monoisotopic (exact) mass is 649 g/mol. The van der Waals surface area contributed by atoms with Crippen molar-refractivity contribution in [2.45, 2.75) is 29.1 Å². The number of fused-ring (bicyclic) bond motifs is 1. The minimum Gasteiger partial charge on any atom is -0.493 e. The molecule has 2 aromatic carbocycles.